The van der Waals surface area contributed by atoms with E-state index in [0.717, 1.165) is 20.8 Å². The lowest BCUT2D eigenvalue weighted by atomic mass is 9.80. The summed E-state index contributed by atoms with van der Waals surface area (Å²) in [5, 5.41) is 0. The zero-order chi connectivity index (χ0) is 20.7. The second kappa shape index (κ2) is 9.89. The van der Waals surface area contributed by atoms with Gasteiger partial charge in [0, 0.05) is 40.5 Å². The van der Waals surface area contributed by atoms with Crippen LogP contribution in [0.5, 0.6) is 0 Å². The lowest BCUT2D eigenvalue weighted by Crippen LogP contribution is -2.59. The molecule has 1 rings (SSSR count). The zero-order valence-electron chi connectivity index (χ0n) is 15.9. The van der Waals surface area contributed by atoms with Crippen LogP contribution in [0, 0.1) is 5.92 Å². The minimum atomic E-state index is -1.24. The monoisotopic (exact) mass is 388 g/mol. The molecule has 1 saturated carbocycles. The predicted octanol–water partition coefficient (Wildman–Crippen LogP) is 0.296. The quantitative estimate of drug-likeness (QED) is 0.462. The molecule has 0 bridgehead atoms. The third-order valence-corrected chi connectivity index (χ3v) is 3.74. The largest absolute Gasteiger partial charge is 0.465 e. The summed E-state index contributed by atoms with van der Waals surface area (Å²) in [5.41, 5.74) is 0. The van der Waals surface area contributed by atoms with E-state index in [1.54, 1.807) is 0 Å². The smallest absolute Gasteiger partial charge is 0.303 e. The molecule has 0 amide bonds. The van der Waals surface area contributed by atoms with Gasteiger partial charge in [-0.2, -0.15) is 0 Å². The van der Waals surface area contributed by atoms with Gasteiger partial charge in [-0.15, -0.1) is 0 Å². The topological polar surface area (TPSA) is 132 Å². The molecule has 0 aromatic heterocycles. The van der Waals surface area contributed by atoms with E-state index in [4.69, 9.17) is 23.7 Å². The third-order valence-electron chi connectivity index (χ3n) is 3.74. The van der Waals surface area contributed by atoms with Gasteiger partial charge in [-0.1, -0.05) is 0 Å². The molecule has 1 aliphatic carbocycles. The number of ether oxygens (including phenoxy) is 5. The molecule has 1 aliphatic rings. The maximum atomic E-state index is 11.6. The highest BCUT2D eigenvalue weighted by molar-refractivity contribution is 5.69. The average molecular weight is 388 g/mol. The van der Waals surface area contributed by atoms with Crippen LogP contribution in [0.2, 0.25) is 0 Å². The normalized spacial score (nSPS) is 27.1. The van der Waals surface area contributed by atoms with Gasteiger partial charge in [0.2, 0.25) is 0 Å². The molecule has 0 N–H and O–H groups in total. The molecule has 0 aromatic carbocycles. The van der Waals surface area contributed by atoms with Crippen LogP contribution in [-0.4, -0.2) is 60.9 Å². The SMILES string of the molecule is CC(=O)OC[C@H]1C[C@@H](OC(C)=O)[C@H](OC(C)=O)[C@@H](OC(C)=O)[C@H]1OC(C)=O. The number of carbonyl (C=O) groups is 5. The molecule has 0 aromatic rings. The predicted molar refractivity (Wildman–Crippen MR) is 87.0 cm³/mol. The van der Waals surface area contributed by atoms with E-state index in [9.17, 15) is 24.0 Å². The van der Waals surface area contributed by atoms with Crippen molar-refractivity contribution >= 4 is 29.8 Å². The maximum Gasteiger partial charge on any atom is 0.303 e. The molecule has 10 nitrogen and oxygen atoms in total. The summed E-state index contributed by atoms with van der Waals surface area (Å²) < 4.78 is 25.9. The zero-order valence-corrected chi connectivity index (χ0v) is 15.9. The van der Waals surface area contributed by atoms with Crippen LogP contribution >= 0.6 is 0 Å². The summed E-state index contributed by atoms with van der Waals surface area (Å²) in [6.07, 6.45) is -4.42. The van der Waals surface area contributed by atoms with Crippen molar-refractivity contribution in [3.63, 3.8) is 0 Å². The van der Waals surface area contributed by atoms with E-state index in [0.29, 0.717) is 0 Å². The van der Waals surface area contributed by atoms with Crippen molar-refractivity contribution in [1.82, 2.24) is 0 Å². The highest BCUT2D eigenvalue weighted by Gasteiger charge is 2.52. The Labute approximate surface area is 156 Å². The van der Waals surface area contributed by atoms with Gasteiger partial charge >= 0.3 is 29.8 Å². The summed E-state index contributed by atoms with van der Waals surface area (Å²) in [7, 11) is 0. The van der Waals surface area contributed by atoms with E-state index in [1.165, 1.54) is 13.8 Å². The molecule has 10 heteroatoms. The van der Waals surface area contributed by atoms with E-state index < -0.39 is 60.2 Å². The minimum Gasteiger partial charge on any atom is -0.465 e. The fourth-order valence-corrected chi connectivity index (χ4v) is 2.96. The van der Waals surface area contributed by atoms with Crippen molar-refractivity contribution in [2.24, 2.45) is 5.92 Å². The van der Waals surface area contributed by atoms with E-state index in [2.05, 4.69) is 0 Å². The van der Waals surface area contributed by atoms with E-state index >= 15 is 0 Å². The molecule has 0 heterocycles. The Morgan fingerprint density at radius 3 is 1.52 bits per heavy atom. The number of esters is 5. The Morgan fingerprint density at radius 2 is 1.07 bits per heavy atom. The van der Waals surface area contributed by atoms with Crippen LogP contribution in [0.25, 0.3) is 0 Å². The average Bonchev–Trinajstić information content (AvgIpc) is 2.49. The van der Waals surface area contributed by atoms with Crippen molar-refractivity contribution in [3.8, 4) is 0 Å². The van der Waals surface area contributed by atoms with Crippen molar-refractivity contribution in [3.05, 3.63) is 0 Å². The Morgan fingerprint density at radius 1 is 0.630 bits per heavy atom. The summed E-state index contributed by atoms with van der Waals surface area (Å²) >= 11 is 0. The molecule has 27 heavy (non-hydrogen) atoms. The first-order valence-electron chi connectivity index (χ1n) is 8.33. The van der Waals surface area contributed by atoms with Gasteiger partial charge in [-0.3, -0.25) is 24.0 Å². The number of carbonyl (C=O) groups excluding carboxylic acids is 5. The molecule has 0 saturated heterocycles. The second-order valence-electron chi connectivity index (χ2n) is 6.17. The third kappa shape index (κ3) is 7.24. The van der Waals surface area contributed by atoms with Crippen LogP contribution in [0.4, 0.5) is 0 Å². The molecule has 0 unspecified atom stereocenters. The van der Waals surface area contributed by atoms with Gasteiger partial charge in [-0.05, 0) is 6.42 Å². The Kier molecular flexibility index (Phi) is 8.20. The summed E-state index contributed by atoms with van der Waals surface area (Å²) in [6, 6.07) is 0. The highest BCUT2D eigenvalue weighted by Crippen LogP contribution is 2.34. The molecule has 152 valence electrons. The first-order valence-corrected chi connectivity index (χ1v) is 8.33. The molecular weight excluding hydrogens is 364 g/mol. The minimum absolute atomic E-state index is 0.0561. The number of rotatable bonds is 6. The van der Waals surface area contributed by atoms with Crippen LogP contribution < -0.4 is 0 Å². The molecule has 0 aliphatic heterocycles. The van der Waals surface area contributed by atoms with Crippen LogP contribution in [0.3, 0.4) is 0 Å². The maximum absolute atomic E-state index is 11.6. The van der Waals surface area contributed by atoms with Gasteiger partial charge in [0.25, 0.3) is 0 Å². The van der Waals surface area contributed by atoms with Crippen molar-refractivity contribution < 1.29 is 47.7 Å². The van der Waals surface area contributed by atoms with Gasteiger partial charge in [0.05, 0.1) is 6.61 Å². The molecule has 0 radical (unpaired) electrons. The number of hydrogen-bond donors (Lipinski definition) is 0. The van der Waals surface area contributed by atoms with Crippen LogP contribution in [-0.2, 0) is 47.7 Å². The first kappa shape index (κ1) is 22.4. The van der Waals surface area contributed by atoms with Crippen LogP contribution in [0.1, 0.15) is 41.0 Å². The summed E-state index contributed by atoms with van der Waals surface area (Å²) in [5.74, 6) is -3.95. The standard InChI is InChI=1S/C17H24O10/c1-8(18)23-7-13-6-14(24-9(2)19)16(26-11(4)21)17(27-12(5)22)15(13)25-10(3)20/h13-17H,6-7H2,1-5H3/t13-,14-,15+,16+,17+/m1/s1. The number of hydrogen-bond acceptors (Lipinski definition) is 10. The van der Waals surface area contributed by atoms with Gasteiger partial charge in [0.15, 0.2) is 12.2 Å². The van der Waals surface area contributed by atoms with Gasteiger partial charge < -0.3 is 23.7 Å². The van der Waals surface area contributed by atoms with Gasteiger partial charge in [0.1, 0.15) is 12.2 Å². The molecular formula is C17H24O10. The summed E-state index contributed by atoms with van der Waals surface area (Å²) in [6.45, 7) is 5.64. The lowest BCUT2D eigenvalue weighted by molar-refractivity contribution is -0.221. The van der Waals surface area contributed by atoms with Crippen molar-refractivity contribution in [2.75, 3.05) is 6.61 Å². The Balaban J connectivity index is 3.29. The van der Waals surface area contributed by atoms with Crippen molar-refractivity contribution in [1.29, 1.82) is 0 Å². The van der Waals surface area contributed by atoms with Gasteiger partial charge in [-0.25, -0.2) is 0 Å². The molecule has 1 fully saturated rings. The first-order chi connectivity index (χ1) is 12.5. The summed E-state index contributed by atoms with van der Waals surface area (Å²) in [4.78, 5) is 57.3. The molecule has 0 spiro atoms. The fraction of sp³-hybridized carbons (Fsp3) is 0.706. The Bertz CT molecular complexity index is 599. The van der Waals surface area contributed by atoms with Crippen molar-refractivity contribution in [2.45, 2.75) is 65.5 Å². The van der Waals surface area contributed by atoms with Crippen LogP contribution in [0.15, 0.2) is 0 Å². The second-order valence-corrected chi connectivity index (χ2v) is 6.17. The van der Waals surface area contributed by atoms with E-state index in [1.807, 2.05) is 0 Å². The highest BCUT2D eigenvalue weighted by atomic mass is 16.6. The van der Waals surface area contributed by atoms with E-state index in [-0.39, 0.29) is 13.0 Å². The Hall–Kier alpha value is -2.65. The molecule has 5 atom stereocenters. The fourth-order valence-electron chi connectivity index (χ4n) is 2.96. The lowest BCUT2D eigenvalue weighted by Gasteiger charge is -2.43.